The van der Waals surface area contributed by atoms with Gasteiger partial charge in [-0.15, -0.1) is 24.8 Å². The molecule has 132 valence electrons. The molecule has 7 heteroatoms. The minimum atomic E-state index is -0.405. The zero-order valence-electron chi connectivity index (χ0n) is 13.9. The fourth-order valence-electron chi connectivity index (χ4n) is 2.85. The van der Waals surface area contributed by atoms with Gasteiger partial charge >= 0.3 is 0 Å². The van der Waals surface area contributed by atoms with Gasteiger partial charge in [0.2, 0.25) is 5.91 Å². The maximum absolute atomic E-state index is 11.9. The van der Waals surface area contributed by atoms with Crippen LogP contribution in [0.3, 0.4) is 0 Å². The van der Waals surface area contributed by atoms with Crippen molar-refractivity contribution < 1.29 is 4.79 Å². The van der Waals surface area contributed by atoms with Gasteiger partial charge in [0.1, 0.15) is 0 Å². The summed E-state index contributed by atoms with van der Waals surface area (Å²) in [6, 6.07) is 5.97. The van der Waals surface area contributed by atoms with E-state index in [0.717, 1.165) is 44.6 Å². The van der Waals surface area contributed by atoms with Crippen LogP contribution in [0.25, 0.3) is 0 Å². The molecule has 0 aromatic carbocycles. The molecule has 0 radical (unpaired) electrons. The van der Waals surface area contributed by atoms with Crippen LogP contribution < -0.4 is 5.73 Å². The first-order valence-electron chi connectivity index (χ1n) is 7.72. The van der Waals surface area contributed by atoms with E-state index in [-0.39, 0.29) is 30.7 Å². The topological polar surface area (TPSA) is 62.5 Å². The van der Waals surface area contributed by atoms with Crippen LogP contribution in [-0.4, -0.2) is 59.5 Å². The molecule has 23 heavy (non-hydrogen) atoms. The summed E-state index contributed by atoms with van der Waals surface area (Å²) >= 11 is 0. The molecule has 0 aliphatic carbocycles. The highest BCUT2D eigenvalue weighted by atomic mass is 35.5. The molecule has 2 N–H and O–H groups in total. The SMILES string of the molecule is CC(N)C(=O)N(C)C1CCN(CCc2ccccn2)CC1.Cl.Cl. The Morgan fingerprint density at radius 2 is 2.04 bits per heavy atom. The number of pyridine rings is 1. The Balaban J connectivity index is 0.00000242. The van der Waals surface area contributed by atoms with Crippen LogP contribution in [0.15, 0.2) is 24.4 Å². The predicted molar refractivity (Wildman–Crippen MR) is 98.3 cm³/mol. The normalized spacial score (nSPS) is 16.8. The van der Waals surface area contributed by atoms with Gasteiger partial charge in [0.15, 0.2) is 0 Å². The minimum Gasteiger partial charge on any atom is -0.341 e. The lowest BCUT2D eigenvalue weighted by molar-refractivity contribution is -0.133. The molecule has 1 unspecified atom stereocenters. The fourth-order valence-corrected chi connectivity index (χ4v) is 2.85. The first-order valence-corrected chi connectivity index (χ1v) is 7.72. The van der Waals surface area contributed by atoms with E-state index in [1.807, 2.05) is 30.3 Å². The molecule has 0 bridgehead atoms. The number of carbonyl (C=O) groups excluding carboxylic acids is 1. The Labute approximate surface area is 151 Å². The van der Waals surface area contributed by atoms with E-state index in [1.165, 1.54) is 0 Å². The number of amides is 1. The van der Waals surface area contributed by atoms with Gasteiger partial charge in [-0.1, -0.05) is 6.07 Å². The van der Waals surface area contributed by atoms with Crippen LogP contribution in [0.5, 0.6) is 0 Å². The molecule has 2 heterocycles. The molecule has 2 rings (SSSR count). The van der Waals surface area contributed by atoms with E-state index in [4.69, 9.17) is 5.73 Å². The number of likely N-dealkylation sites (tertiary alicyclic amines) is 1. The number of likely N-dealkylation sites (N-methyl/N-ethyl adjacent to an activating group) is 1. The molecule has 1 atom stereocenters. The van der Waals surface area contributed by atoms with E-state index in [9.17, 15) is 4.79 Å². The Morgan fingerprint density at radius 1 is 1.39 bits per heavy atom. The third kappa shape index (κ3) is 6.63. The molecule has 1 aliphatic rings. The van der Waals surface area contributed by atoms with Gasteiger partial charge in [0, 0.05) is 51.0 Å². The summed E-state index contributed by atoms with van der Waals surface area (Å²) in [7, 11) is 1.87. The van der Waals surface area contributed by atoms with Crippen LogP contribution in [0.4, 0.5) is 0 Å². The van der Waals surface area contributed by atoms with Gasteiger partial charge in [-0.05, 0) is 31.9 Å². The second-order valence-corrected chi connectivity index (χ2v) is 5.88. The zero-order valence-corrected chi connectivity index (χ0v) is 15.5. The number of hydrogen-bond donors (Lipinski definition) is 1. The molecular formula is C16H28Cl2N4O. The van der Waals surface area contributed by atoms with Gasteiger partial charge in [-0.2, -0.15) is 0 Å². The standard InChI is InChI=1S/C16H26N4O.2ClH/c1-13(17)16(21)19(2)15-7-11-20(12-8-15)10-6-14-5-3-4-9-18-14;;/h3-5,9,13,15H,6-8,10-12,17H2,1-2H3;2*1H. The second-order valence-electron chi connectivity index (χ2n) is 5.88. The summed E-state index contributed by atoms with van der Waals surface area (Å²) in [6.07, 6.45) is 4.88. The Morgan fingerprint density at radius 3 is 2.57 bits per heavy atom. The van der Waals surface area contributed by atoms with Gasteiger partial charge in [0.25, 0.3) is 0 Å². The number of aromatic nitrogens is 1. The number of nitrogens with zero attached hydrogens (tertiary/aromatic N) is 3. The number of rotatable bonds is 5. The van der Waals surface area contributed by atoms with Crippen molar-refractivity contribution >= 4 is 30.7 Å². The van der Waals surface area contributed by atoms with E-state index >= 15 is 0 Å². The summed E-state index contributed by atoms with van der Waals surface area (Å²) in [4.78, 5) is 20.6. The Bertz CT molecular complexity index is 451. The quantitative estimate of drug-likeness (QED) is 0.866. The number of carbonyl (C=O) groups is 1. The molecule has 1 amide bonds. The summed E-state index contributed by atoms with van der Waals surface area (Å²) in [5.74, 6) is 0.0435. The molecule has 1 fully saturated rings. The summed E-state index contributed by atoms with van der Waals surface area (Å²) < 4.78 is 0. The van der Waals surface area contributed by atoms with E-state index in [1.54, 1.807) is 6.92 Å². The molecule has 1 aromatic rings. The van der Waals surface area contributed by atoms with Crippen LogP contribution in [0.1, 0.15) is 25.5 Å². The molecule has 5 nitrogen and oxygen atoms in total. The second kappa shape index (κ2) is 10.8. The van der Waals surface area contributed by atoms with Crippen molar-refractivity contribution in [1.82, 2.24) is 14.8 Å². The largest absolute Gasteiger partial charge is 0.341 e. The van der Waals surface area contributed by atoms with Crippen molar-refractivity contribution in [2.45, 2.75) is 38.3 Å². The van der Waals surface area contributed by atoms with Crippen molar-refractivity contribution in [3.63, 3.8) is 0 Å². The van der Waals surface area contributed by atoms with Gasteiger partial charge in [0.05, 0.1) is 6.04 Å². The highest BCUT2D eigenvalue weighted by Crippen LogP contribution is 2.16. The van der Waals surface area contributed by atoms with Crippen LogP contribution in [-0.2, 0) is 11.2 Å². The lowest BCUT2D eigenvalue weighted by atomic mass is 10.0. The average Bonchev–Trinajstić information content (AvgIpc) is 2.53. The zero-order chi connectivity index (χ0) is 15.2. The summed E-state index contributed by atoms with van der Waals surface area (Å²) in [5, 5.41) is 0. The lowest BCUT2D eigenvalue weighted by Gasteiger charge is -2.37. The number of piperidine rings is 1. The monoisotopic (exact) mass is 362 g/mol. The Hall–Kier alpha value is -0.880. The Kier molecular flexibility index (Phi) is 10.4. The molecular weight excluding hydrogens is 335 g/mol. The predicted octanol–water partition coefficient (Wildman–Crippen LogP) is 1.74. The molecule has 0 saturated carbocycles. The number of nitrogens with two attached hydrogens (primary N) is 1. The third-order valence-corrected chi connectivity index (χ3v) is 4.25. The fraction of sp³-hybridized carbons (Fsp3) is 0.625. The highest BCUT2D eigenvalue weighted by molar-refractivity contribution is 5.85. The van der Waals surface area contributed by atoms with Crippen LogP contribution in [0, 0.1) is 0 Å². The average molecular weight is 363 g/mol. The summed E-state index contributed by atoms with van der Waals surface area (Å²) in [6.45, 7) is 4.86. The van der Waals surface area contributed by atoms with E-state index < -0.39 is 6.04 Å². The maximum atomic E-state index is 11.9. The van der Waals surface area contributed by atoms with Crippen molar-refractivity contribution in [2.75, 3.05) is 26.7 Å². The van der Waals surface area contributed by atoms with Crippen molar-refractivity contribution in [3.05, 3.63) is 30.1 Å². The highest BCUT2D eigenvalue weighted by Gasteiger charge is 2.26. The molecule has 1 aliphatic heterocycles. The smallest absolute Gasteiger partial charge is 0.239 e. The van der Waals surface area contributed by atoms with Gasteiger partial charge < -0.3 is 15.5 Å². The molecule has 1 aromatic heterocycles. The molecule has 0 spiro atoms. The van der Waals surface area contributed by atoms with Gasteiger partial charge in [-0.25, -0.2) is 0 Å². The lowest BCUT2D eigenvalue weighted by Crippen LogP contribution is -2.49. The number of halogens is 2. The van der Waals surface area contributed by atoms with Crippen molar-refractivity contribution in [2.24, 2.45) is 5.73 Å². The van der Waals surface area contributed by atoms with E-state index in [2.05, 4.69) is 16.0 Å². The van der Waals surface area contributed by atoms with Crippen molar-refractivity contribution in [1.29, 1.82) is 0 Å². The third-order valence-electron chi connectivity index (χ3n) is 4.25. The maximum Gasteiger partial charge on any atom is 0.239 e. The number of hydrogen-bond acceptors (Lipinski definition) is 4. The van der Waals surface area contributed by atoms with Crippen LogP contribution >= 0.6 is 24.8 Å². The minimum absolute atomic E-state index is 0. The van der Waals surface area contributed by atoms with E-state index in [0.29, 0.717) is 6.04 Å². The van der Waals surface area contributed by atoms with Crippen LogP contribution in [0.2, 0.25) is 0 Å². The molecule has 1 saturated heterocycles. The first-order chi connectivity index (χ1) is 10.1. The van der Waals surface area contributed by atoms with Gasteiger partial charge in [-0.3, -0.25) is 9.78 Å². The van der Waals surface area contributed by atoms with Crippen molar-refractivity contribution in [3.8, 4) is 0 Å². The summed E-state index contributed by atoms with van der Waals surface area (Å²) in [5.41, 5.74) is 6.82. The first kappa shape index (κ1) is 22.1.